The number of carbonyl (C=O) groups is 2. The van der Waals surface area contributed by atoms with Crippen LogP contribution in [0.3, 0.4) is 0 Å². The molecule has 136 valence electrons. The minimum absolute atomic E-state index is 0.218. The van der Waals surface area contributed by atoms with Crippen molar-refractivity contribution in [1.29, 1.82) is 0 Å². The topological polar surface area (TPSA) is 101 Å². The van der Waals surface area contributed by atoms with Crippen molar-refractivity contribution in [2.45, 2.75) is 25.9 Å². The maximum atomic E-state index is 11.9. The SMILES string of the molecule is O=C(NCc1ccc(C(=O)O)cc1)NCc1ccc(OCC2CC2)nc1. The van der Waals surface area contributed by atoms with E-state index in [4.69, 9.17) is 9.84 Å². The molecule has 1 aliphatic carbocycles. The van der Waals surface area contributed by atoms with Crippen LogP contribution in [0.5, 0.6) is 5.88 Å². The minimum Gasteiger partial charge on any atom is -0.478 e. The van der Waals surface area contributed by atoms with Crippen molar-refractivity contribution < 1.29 is 19.4 Å². The van der Waals surface area contributed by atoms with Gasteiger partial charge in [-0.3, -0.25) is 0 Å². The van der Waals surface area contributed by atoms with Gasteiger partial charge < -0.3 is 20.5 Å². The first-order chi connectivity index (χ1) is 12.6. The van der Waals surface area contributed by atoms with E-state index >= 15 is 0 Å². The second-order valence-electron chi connectivity index (χ2n) is 6.30. The zero-order valence-corrected chi connectivity index (χ0v) is 14.3. The lowest BCUT2D eigenvalue weighted by molar-refractivity contribution is 0.0697. The molecule has 0 radical (unpaired) electrons. The fourth-order valence-corrected chi connectivity index (χ4v) is 2.28. The normalized spacial score (nSPS) is 13.1. The standard InChI is InChI=1S/C19H21N3O4/c23-18(24)16-6-3-13(4-7-16)9-21-19(25)22-11-15-5-8-17(20-10-15)26-12-14-1-2-14/h3-8,10,14H,1-2,9,11-12H2,(H,23,24)(H2,21,22,25). The molecule has 1 aliphatic rings. The van der Waals surface area contributed by atoms with Crippen LogP contribution in [0.15, 0.2) is 42.6 Å². The summed E-state index contributed by atoms with van der Waals surface area (Å²) in [6.07, 6.45) is 4.16. The summed E-state index contributed by atoms with van der Waals surface area (Å²) in [5.41, 5.74) is 1.92. The van der Waals surface area contributed by atoms with Crippen molar-refractivity contribution in [1.82, 2.24) is 15.6 Å². The molecule has 7 heteroatoms. The van der Waals surface area contributed by atoms with Crippen molar-refractivity contribution in [3.05, 3.63) is 59.3 Å². The minimum atomic E-state index is -0.972. The molecule has 0 aliphatic heterocycles. The lowest BCUT2D eigenvalue weighted by Gasteiger charge is -2.09. The van der Waals surface area contributed by atoms with E-state index in [2.05, 4.69) is 15.6 Å². The van der Waals surface area contributed by atoms with Gasteiger partial charge in [0.15, 0.2) is 0 Å². The number of carboxylic acids is 1. The van der Waals surface area contributed by atoms with E-state index < -0.39 is 5.97 Å². The second kappa shape index (κ2) is 8.33. The molecule has 1 saturated carbocycles. The predicted octanol–water partition coefficient (Wildman–Crippen LogP) is 2.57. The molecule has 1 heterocycles. The molecule has 2 amide bonds. The van der Waals surface area contributed by atoms with Crippen LogP contribution in [0.1, 0.15) is 34.3 Å². The first-order valence-corrected chi connectivity index (χ1v) is 8.52. The number of hydrogen-bond donors (Lipinski definition) is 3. The number of aromatic nitrogens is 1. The summed E-state index contributed by atoms with van der Waals surface area (Å²) in [5.74, 6) is 0.317. The Balaban J connectivity index is 1.38. The average molecular weight is 355 g/mol. The van der Waals surface area contributed by atoms with Gasteiger partial charge in [-0.25, -0.2) is 14.6 Å². The Morgan fingerprint density at radius 2 is 1.69 bits per heavy atom. The Hall–Kier alpha value is -3.09. The Bertz CT molecular complexity index is 755. The number of nitrogens with one attached hydrogen (secondary N) is 2. The van der Waals surface area contributed by atoms with Gasteiger partial charge in [0, 0.05) is 25.4 Å². The molecule has 7 nitrogen and oxygen atoms in total. The van der Waals surface area contributed by atoms with Crippen LogP contribution in [0.2, 0.25) is 0 Å². The average Bonchev–Trinajstić information content (AvgIpc) is 3.48. The van der Waals surface area contributed by atoms with Crippen molar-refractivity contribution in [2.24, 2.45) is 5.92 Å². The Morgan fingerprint density at radius 3 is 2.27 bits per heavy atom. The van der Waals surface area contributed by atoms with Gasteiger partial charge in [0.05, 0.1) is 12.2 Å². The van der Waals surface area contributed by atoms with Gasteiger partial charge in [0.25, 0.3) is 0 Å². The molecule has 3 rings (SSSR count). The number of rotatable bonds is 8. The highest BCUT2D eigenvalue weighted by Gasteiger charge is 2.22. The molecule has 0 spiro atoms. The molecule has 2 aromatic rings. The van der Waals surface area contributed by atoms with E-state index in [1.807, 2.05) is 6.07 Å². The largest absolute Gasteiger partial charge is 0.478 e. The number of pyridine rings is 1. The lowest BCUT2D eigenvalue weighted by atomic mass is 10.1. The Kier molecular flexibility index (Phi) is 5.68. The lowest BCUT2D eigenvalue weighted by Crippen LogP contribution is -2.34. The third-order valence-electron chi connectivity index (χ3n) is 4.07. The van der Waals surface area contributed by atoms with Crippen molar-refractivity contribution >= 4 is 12.0 Å². The fraction of sp³-hybridized carbons (Fsp3) is 0.316. The molecule has 26 heavy (non-hydrogen) atoms. The van der Waals surface area contributed by atoms with E-state index in [1.165, 1.54) is 25.0 Å². The Morgan fingerprint density at radius 1 is 1.04 bits per heavy atom. The summed E-state index contributed by atoms with van der Waals surface area (Å²) < 4.78 is 5.57. The monoisotopic (exact) mass is 355 g/mol. The molecular formula is C19H21N3O4. The highest BCUT2D eigenvalue weighted by atomic mass is 16.5. The van der Waals surface area contributed by atoms with E-state index in [9.17, 15) is 9.59 Å². The summed E-state index contributed by atoms with van der Waals surface area (Å²) in [5, 5.41) is 14.3. The second-order valence-corrected chi connectivity index (χ2v) is 6.30. The quantitative estimate of drug-likeness (QED) is 0.676. The fourth-order valence-electron chi connectivity index (χ4n) is 2.28. The predicted molar refractivity (Wildman–Crippen MR) is 94.9 cm³/mol. The number of hydrogen-bond acceptors (Lipinski definition) is 4. The van der Waals surface area contributed by atoms with Gasteiger partial charge in [-0.15, -0.1) is 0 Å². The summed E-state index contributed by atoms with van der Waals surface area (Å²) in [7, 11) is 0. The summed E-state index contributed by atoms with van der Waals surface area (Å²) in [6, 6.07) is 9.75. The number of nitrogens with zero attached hydrogens (tertiary/aromatic N) is 1. The summed E-state index contributed by atoms with van der Waals surface area (Å²) in [6.45, 7) is 1.40. The first kappa shape index (κ1) is 17.7. The van der Waals surface area contributed by atoms with Gasteiger partial charge in [-0.2, -0.15) is 0 Å². The first-order valence-electron chi connectivity index (χ1n) is 8.52. The van der Waals surface area contributed by atoms with Crippen LogP contribution in [-0.4, -0.2) is 28.7 Å². The van der Waals surface area contributed by atoms with Gasteiger partial charge in [-0.1, -0.05) is 18.2 Å². The van der Waals surface area contributed by atoms with Crippen LogP contribution in [0.4, 0.5) is 4.79 Å². The number of ether oxygens (including phenoxy) is 1. The smallest absolute Gasteiger partial charge is 0.335 e. The maximum absolute atomic E-state index is 11.9. The molecular weight excluding hydrogens is 334 g/mol. The molecule has 0 atom stereocenters. The number of carboxylic acid groups (broad SMARTS) is 1. The molecule has 0 saturated heterocycles. The third-order valence-corrected chi connectivity index (χ3v) is 4.07. The van der Waals surface area contributed by atoms with Crippen LogP contribution in [0, 0.1) is 5.92 Å². The van der Waals surface area contributed by atoms with Crippen molar-refractivity contribution in [3.63, 3.8) is 0 Å². The van der Waals surface area contributed by atoms with Gasteiger partial charge in [0.1, 0.15) is 0 Å². The highest BCUT2D eigenvalue weighted by Crippen LogP contribution is 2.29. The van der Waals surface area contributed by atoms with Crippen LogP contribution >= 0.6 is 0 Å². The van der Waals surface area contributed by atoms with Crippen LogP contribution in [-0.2, 0) is 13.1 Å². The molecule has 1 aromatic heterocycles. The van der Waals surface area contributed by atoms with E-state index in [0.717, 1.165) is 17.7 Å². The van der Waals surface area contributed by atoms with Crippen LogP contribution in [0.25, 0.3) is 0 Å². The summed E-state index contributed by atoms with van der Waals surface area (Å²) in [4.78, 5) is 26.9. The molecule has 1 aromatic carbocycles. The number of carbonyl (C=O) groups excluding carboxylic acids is 1. The maximum Gasteiger partial charge on any atom is 0.335 e. The zero-order valence-electron chi connectivity index (χ0n) is 14.3. The van der Waals surface area contributed by atoms with Crippen molar-refractivity contribution in [3.8, 4) is 5.88 Å². The van der Waals surface area contributed by atoms with Crippen LogP contribution < -0.4 is 15.4 Å². The van der Waals surface area contributed by atoms with Gasteiger partial charge in [0.2, 0.25) is 5.88 Å². The Labute approximate surface area is 151 Å². The van der Waals surface area contributed by atoms with Gasteiger partial charge >= 0.3 is 12.0 Å². The number of urea groups is 1. The van der Waals surface area contributed by atoms with Crippen molar-refractivity contribution in [2.75, 3.05) is 6.61 Å². The molecule has 0 bridgehead atoms. The summed E-state index contributed by atoms with van der Waals surface area (Å²) >= 11 is 0. The van der Waals surface area contributed by atoms with E-state index in [1.54, 1.807) is 24.4 Å². The number of benzene rings is 1. The molecule has 3 N–H and O–H groups in total. The van der Waals surface area contributed by atoms with E-state index in [0.29, 0.717) is 24.9 Å². The third kappa shape index (κ3) is 5.47. The van der Waals surface area contributed by atoms with E-state index in [-0.39, 0.29) is 11.6 Å². The van der Waals surface area contributed by atoms with Gasteiger partial charge in [-0.05, 0) is 42.0 Å². The molecule has 0 unspecified atom stereocenters. The number of aromatic carboxylic acids is 1. The highest BCUT2D eigenvalue weighted by molar-refractivity contribution is 5.87. The molecule has 1 fully saturated rings. The zero-order chi connectivity index (χ0) is 18.4. The number of amides is 2.